The molecule has 1 aromatic rings. The molecule has 6 nitrogen and oxygen atoms in total. The smallest absolute Gasteiger partial charge is 0.347 e. The Morgan fingerprint density at radius 3 is 2.89 bits per heavy atom. The lowest BCUT2D eigenvalue weighted by Gasteiger charge is -2.33. The number of nitrogens with one attached hydrogen (secondary N) is 1. The molecule has 1 saturated heterocycles. The number of piperidine rings is 1. The van der Waals surface area contributed by atoms with Gasteiger partial charge < -0.3 is 16.0 Å². The summed E-state index contributed by atoms with van der Waals surface area (Å²) in [5.74, 6) is 1.53. The average Bonchev–Trinajstić information content (AvgIpc) is 2.69. The first-order chi connectivity index (χ1) is 13.1. The number of rotatable bonds is 5. The predicted molar refractivity (Wildman–Crippen MR) is 110 cm³/mol. The number of carbonyl (C=O) groups is 1. The van der Waals surface area contributed by atoms with Gasteiger partial charge in [0.15, 0.2) is 0 Å². The Bertz CT molecular complexity index is 654. The average molecular weight is 372 g/mol. The fourth-order valence-corrected chi connectivity index (χ4v) is 4.29. The van der Waals surface area contributed by atoms with E-state index in [4.69, 9.17) is 5.73 Å². The number of amidine groups is 1. The first kappa shape index (κ1) is 19.8. The van der Waals surface area contributed by atoms with Gasteiger partial charge in [-0.2, -0.15) is 4.99 Å². The van der Waals surface area contributed by atoms with Crippen LogP contribution in [0.25, 0.3) is 0 Å². The van der Waals surface area contributed by atoms with Crippen LogP contribution in [-0.2, 0) is 0 Å². The minimum absolute atomic E-state index is 0.172. The van der Waals surface area contributed by atoms with Gasteiger partial charge in [0.1, 0.15) is 5.84 Å². The Hall–Kier alpha value is -1.95. The zero-order valence-electron chi connectivity index (χ0n) is 16.5. The molecule has 0 spiro atoms. The number of hydrogen-bond acceptors (Lipinski definition) is 3. The van der Waals surface area contributed by atoms with Crippen LogP contribution in [0.3, 0.4) is 0 Å². The molecule has 0 aromatic carbocycles. The van der Waals surface area contributed by atoms with E-state index in [9.17, 15) is 4.79 Å². The van der Waals surface area contributed by atoms with E-state index in [0.717, 1.165) is 44.0 Å². The number of anilines is 1. The first-order valence-electron chi connectivity index (χ1n) is 10.4. The van der Waals surface area contributed by atoms with Crippen LogP contribution >= 0.6 is 0 Å². The van der Waals surface area contributed by atoms with Crippen LogP contribution < -0.4 is 11.1 Å². The molecule has 1 atom stereocenters. The number of pyridine rings is 1. The van der Waals surface area contributed by atoms with Crippen LogP contribution in [0.15, 0.2) is 23.5 Å². The molecule has 148 valence electrons. The molecule has 3 rings (SSSR count). The van der Waals surface area contributed by atoms with E-state index >= 15 is 0 Å². The van der Waals surface area contributed by atoms with E-state index in [1.165, 1.54) is 38.5 Å². The van der Waals surface area contributed by atoms with Gasteiger partial charge in [0.05, 0.1) is 11.9 Å². The Kier molecular flexibility index (Phi) is 7.21. The third-order valence-corrected chi connectivity index (χ3v) is 6.01. The monoisotopic (exact) mass is 371 g/mol. The Morgan fingerprint density at radius 1 is 1.30 bits per heavy atom. The van der Waals surface area contributed by atoms with Crippen molar-refractivity contribution in [3.05, 3.63) is 24.0 Å². The predicted octanol–water partition coefficient (Wildman–Crippen LogP) is 3.96. The second-order valence-electron chi connectivity index (χ2n) is 8.09. The van der Waals surface area contributed by atoms with Gasteiger partial charge in [0.2, 0.25) is 0 Å². The van der Waals surface area contributed by atoms with E-state index in [1.807, 2.05) is 13.0 Å². The molecular formula is C21H33N5O. The molecule has 1 aliphatic heterocycles. The Morgan fingerprint density at radius 2 is 2.11 bits per heavy atom. The lowest BCUT2D eigenvalue weighted by Crippen LogP contribution is -2.42. The molecule has 2 fully saturated rings. The minimum atomic E-state index is -0.414. The number of aliphatic imine (C=N–C) groups is 1. The minimum Gasteiger partial charge on any atom is -0.387 e. The van der Waals surface area contributed by atoms with Gasteiger partial charge in [-0.3, -0.25) is 4.98 Å². The Labute approximate surface area is 162 Å². The van der Waals surface area contributed by atoms with Crippen molar-refractivity contribution in [1.82, 2.24) is 9.88 Å². The molecule has 6 heteroatoms. The summed E-state index contributed by atoms with van der Waals surface area (Å²) < 4.78 is 0. The van der Waals surface area contributed by atoms with Gasteiger partial charge in [-0.1, -0.05) is 32.1 Å². The maximum Gasteiger partial charge on any atom is 0.347 e. The van der Waals surface area contributed by atoms with E-state index in [-0.39, 0.29) is 5.92 Å². The summed E-state index contributed by atoms with van der Waals surface area (Å²) in [5.41, 5.74) is 7.82. The summed E-state index contributed by atoms with van der Waals surface area (Å²) >= 11 is 0. The van der Waals surface area contributed by atoms with Crippen LogP contribution in [0.5, 0.6) is 0 Å². The van der Waals surface area contributed by atoms with Gasteiger partial charge in [0.25, 0.3) is 0 Å². The van der Waals surface area contributed by atoms with E-state index in [1.54, 1.807) is 12.4 Å². The highest BCUT2D eigenvalue weighted by atomic mass is 16.2. The van der Waals surface area contributed by atoms with Gasteiger partial charge in [-0.05, 0) is 56.8 Å². The van der Waals surface area contributed by atoms with Gasteiger partial charge >= 0.3 is 6.03 Å². The molecule has 2 aliphatic rings. The summed E-state index contributed by atoms with van der Waals surface area (Å²) in [5, 5.41) is 2.78. The number of nitrogens with two attached hydrogens (primary N) is 1. The van der Waals surface area contributed by atoms with Crippen molar-refractivity contribution in [3.63, 3.8) is 0 Å². The summed E-state index contributed by atoms with van der Waals surface area (Å²) in [4.78, 5) is 22.9. The summed E-state index contributed by atoms with van der Waals surface area (Å²) in [6.45, 7) is 5.13. The molecule has 1 saturated carbocycles. The van der Waals surface area contributed by atoms with E-state index in [0.29, 0.717) is 11.5 Å². The second-order valence-corrected chi connectivity index (χ2v) is 8.09. The van der Waals surface area contributed by atoms with Crippen molar-refractivity contribution in [2.24, 2.45) is 22.6 Å². The number of urea groups is 1. The molecular weight excluding hydrogens is 338 g/mol. The van der Waals surface area contributed by atoms with Crippen LogP contribution in [-0.4, -0.2) is 41.4 Å². The highest BCUT2D eigenvalue weighted by Crippen LogP contribution is 2.27. The molecule has 3 N–H and O–H groups in total. The van der Waals surface area contributed by atoms with Crippen LogP contribution in [0, 0.1) is 18.8 Å². The third-order valence-electron chi connectivity index (χ3n) is 6.01. The SMILES string of the molecule is Cc1ccncc1NC(=O)/N=C(\N)C1CCCN(CCC2CCCCC2)C1. The summed E-state index contributed by atoms with van der Waals surface area (Å²) in [6.07, 6.45) is 13.8. The molecule has 1 aromatic heterocycles. The van der Waals surface area contributed by atoms with Crippen LogP contribution in [0.2, 0.25) is 0 Å². The van der Waals surface area contributed by atoms with Crippen molar-refractivity contribution in [1.29, 1.82) is 0 Å². The van der Waals surface area contributed by atoms with E-state index < -0.39 is 6.03 Å². The molecule has 0 radical (unpaired) electrons. The lowest BCUT2D eigenvalue weighted by molar-refractivity contribution is 0.182. The number of likely N-dealkylation sites (tertiary alicyclic amines) is 1. The van der Waals surface area contributed by atoms with Gasteiger partial charge in [0, 0.05) is 18.7 Å². The van der Waals surface area contributed by atoms with E-state index in [2.05, 4.69) is 20.2 Å². The number of aryl methyl sites for hydroxylation is 1. The fourth-order valence-electron chi connectivity index (χ4n) is 4.29. The summed E-state index contributed by atoms with van der Waals surface area (Å²) in [7, 11) is 0. The highest BCUT2D eigenvalue weighted by molar-refractivity contribution is 6.00. The third kappa shape index (κ3) is 6.03. The first-order valence-corrected chi connectivity index (χ1v) is 10.4. The number of carbonyl (C=O) groups excluding carboxylic acids is 1. The van der Waals surface area contributed by atoms with Crippen LogP contribution in [0.4, 0.5) is 10.5 Å². The lowest BCUT2D eigenvalue weighted by atomic mass is 9.86. The zero-order chi connectivity index (χ0) is 19.1. The van der Waals surface area contributed by atoms with Crippen LogP contribution in [0.1, 0.15) is 56.9 Å². The number of amides is 2. The zero-order valence-corrected chi connectivity index (χ0v) is 16.5. The molecule has 2 amide bonds. The quantitative estimate of drug-likeness (QED) is 0.606. The van der Waals surface area contributed by atoms with Crippen molar-refractivity contribution in [2.45, 2.75) is 58.3 Å². The topological polar surface area (TPSA) is 83.6 Å². The highest BCUT2D eigenvalue weighted by Gasteiger charge is 2.24. The Balaban J connectivity index is 1.49. The molecule has 1 aliphatic carbocycles. The van der Waals surface area contributed by atoms with Crippen molar-refractivity contribution in [3.8, 4) is 0 Å². The second kappa shape index (κ2) is 9.83. The standard InChI is InChI=1S/C21H33N5O/c1-16-9-11-23-14-19(16)24-21(27)25-20(22)18-8-5-12-26(15-18)13-10-17-6-3-2-4-7-17/h9,11,14,17-18H,2-8,10,12-13,15H2,1H3,(H3,22,24,25,27). The van der Waals surface area contributed by atoms with Crippen molar-refractivity contribution >= 4 is 17.6 Å². The normalized spacial score (nSPS) is 22.6. The van der Waals surface area contributed by atoms with Gasteiger partial charge in [-0.25, -0.2) is 4.79 Å². The fraction of sp³-hybridized carbons (Fsp3) is 0.667. The molecule has 2 heterocycles. The molecule has 1 unspecified atom stereocenters. The maximum absolute atomic E-state index is 12.2. The largest absolute Gasteiger partial charge is 0.387 e. The number of hydrogen-bond donors (Lipinski definition) is 2. The van der Waals surface area contributed by atoms with Crippen molar-refractivity contribution in [2.75, 3.05) is 25.0 Å². The van der Waals surface area contributed by atoms with Gasteiger partial charge in [-0.15, -0.1) is 0 Å². The molecule has 0 bridgehead atoms. The maximum atomic E-state index is 12.2. The molecule has 27 heavy (non-hydrogen) atoms. The summed E-state index contributed by atoms with van der Waals surface area (Å²) in [6, 6.07) is 1.44. The number of aromatic nitrogens is 1. The van der Waals surface area contributed by atoms with Crippen molar-refractivity contribution < 1.29 is 4.79 Å². The number of nitrogens with zero attached hydrogens (tertiary/aromatic N) is 3.